The molecule has 1 aromatic heterocycles. The van der Waals surface area contributed by atoms with E-state index in [-0.39, 0.29) is 0 Å². The van der Waals surface area contributed by atoms with Crippen molar-refractivity contribution >= 4 is 11.9 Å². The zero-order chi connectivity index (χ0) is 18.0. The lowest BCUT2D eigenvalue weighted by Crippen LogP contribution is -2.00. The van der Waals surface area contributed by atoms with Gasteiger partial charge in [0.05, 0.1) is 5.69 Å². The molecular formula is C23H26N2. The van der Waals surface area contributed by atoms with E-state index in [0.29, 0.717) is 0 Å². The molecule has 0 N–H and O–H groups in total. The molecule has 0 aliphatic carbocycles. The predicted octanol–water partition coefficient (Wildman–Crippen LogP) is 6.02. The van der Waals surface area contributed by atoms with E-state index >= 15 is 0 Å². The molecule has 0 fully saturated rings. The average Bonchev–Trinajstić information content (AvgIpc) is 2.86. The molecule has 0 atom stereocenters. The normalized spacial score (nSPS) is 11.4. The monoisotopic (exact) mass is 330 g/mol. The summed E-state index contributed by atoms with van der Waals surface area (Å²) in [7, 11) is 0. The largest absolute Gasteiger partial charge is 0.318 e. The third-order valence-corrected chi connectivity index (χ3v) is 4.63. The number of aryl methyl sites for hydroxylation is 4. The SMILES string of the molecule is CCc1ccc(N=Cc2cc(C)n(-c3cc(C)cc(C)c3)c2C)cc1. The van der Waals surface area contributed by atoms with Crippen LogP contribution in [0.5, 0.6) is 0 Å². The van der Waals surface area contributed by atoms with E-state index < -0.39 is 0 Å². The molecule has 2 aromatic carbocycles. The number of benzene rings is 2. The van der Waals surface area contributed by atoms with E-state index in [1.807, 2.05) is 6.21 Å². The summed E-state index contributed by atoms with van der Waals surface area (Å²) in [5, 5.41) is 0. The van der Waals surface area contributed by atoms with E-state index in [1.54, 1.807) is 0 Å². The molecule has 128 valence electrons. The molecule has 2 heteroatoms. The van der Waals surface area contributed by atoms with E-state index in [4.69, 9.17) is 0 Å². The Morgan fingerprint density at radius 1 is 0.880 bits per heavy atom. The highest BCUT2D eigenvalue weighted by molar-refractivity contribution is 5.84. The maximum atomic E-state index is 4.66. The van der Waals surface area contributed by atoms with Crippen LogP contribution in [0.3, 0.4) is 0 Å². The molecule has 0 saturated heterocycles. The first-order chi connectivity index (χ1) is 12.0. The lowest BCUT2D eigenvalue weighted by atomic mass is 10.1. The van der Waals surface area contributed by atoms with Gasteiger partial charge in [0.1, 0.15) is 0 Å². The number of aliphatic imine (C=N–C) groups is 1. The molecule has 0 spiro atoms. The summed E-state index contributed by atoms with van der Waals surface area (Å²) in [4.78, 5) is 4.66. The molecule has 0 unspecified atom stereocenters. The molecule has 0 aliphatic heterocycles. The van der Waals surface area contributed by atoms with Gasteiger partial charge < -0.3 is 4.57 Å². The van der Waals surface area contributed by atoms with Crippen molar-refractivity contribution in [1.29, 1.82) is 0 Å². The van der Waals surface area contributed by atoms with Crippen molar-refractivity contribution in [2.24, 2.45) is 4.99 Å². The summed E-state index contributed by atoms with van der Waals surface area (Å²) in [6, 6.07) is 17.3. The van der Waals surface area contributed by atoms with Gasteiger partial charge in [0.25, 0.3) is 0 Å². The van der Waals surface area contributed by atoms with Crippen LogP contribution in [0, 0.1) is 27.7 Å². The summed E-state index contributed by atoms with van der Waals surface area (Å²) in [5.74, 6) is 0. The highest BCUT2D eigenvalue weighted by atomic mass is 15.0. The van der Waals surface area contributed by atoms with Gasteiger partial charge in [0.2, 0.25) is 0 Å². The fourth-order valence-corrected chi connectivity index (χ4v) is 3.36. The molecule has 25 heavy (non-hydrogen) atoms. The van der Waals surface area contributed by atoms with Crippen molar-refractivity contribution in [2.75, 3.05) is 0 Å². The quantitative estimate of drug-likeness (QED) is 0.520. The Hall–Kier alpha value is -2.61. The van der Waals surface area contributed by atoms with Crippen LogP contribution in [0.4, 0.5) is 5.69 Å². The Morgan fingerprint density at radius 2 is 1.52 bits per heavy atom. The van der Waals surface area contributed by atoms with Gasteiger partial charge >= 0.3 is 0 Å². The third-order valence-electron chi connectivity index (χ3n) is 4.63. The molecule has 3 rings (SSSR count). The van der Waals surface area contributed by atoms with Gasteiger partial charge in [-0.25, -0.2) is 0 Å². The van der Waals surface area contributed by atoms with Crippen molar-refractivity contribution in [3.05, 3.63) is 82.2 Å². The van der Waals surface area contributed by atoms with Crippen molar-refractivity contribution in [3.63, 3.8) is 0 Å². The van der Waals surface area contributed by atoms with E-state index in [2.05, 4.69) is 92.7 Å². The molecular weight excluding hydrogens is 304 g/mol. The van der Waals surface area contributed by atoms with Gasteiger partial charge in [0, 0.05) is 28.9 Å². The Kier molecular flexibility index (Phi) is 4.89. The van der Waals surface area contributed by atoms with Crippen molar-refractivity contribution in [3.8, 4) is 5.69 Å². The molecule has 3 aromatic rings. The zero-order valence-electron chi connectivity index (χ0n) is 15.8. The van der Waals surface area contributed by atoms with Crippen LogP contribution in [0.2, 0.25) is 0 Å². The molecule has 0 bridgehead atoms. The summed E-state index contributed by atoms with van der Waals surface area (Å²) >= 11 is 0. The van der Waals surface area contributed by atoms with Crippen LogP contribution in [0.1, 0.15) is 40.6 Å². The molecule has 0 radical (unpaired) electrons. The minimum absolute atomic E-state index is 0.994. The standard InChI is InChI=1S/C23H26N2/c1-6-20-7-9-22(10-8-20)24-15-21-14-18(4)25(19(21)5)23-12-16(2)11-17(3)13-23/h7-15H,6H2,1-5H3. The number of nitrogens with zero attached hydrogens (tertiary/aromatic N) is 2. The first-order valence-corrected chi connectivity index (χ1v) is 8.88. The second-order valence-electron chi connectivity index (χ2n) is 6.79. The van der Waals surface area contributed by atoms with Crippen molar-refractivity contribution in [1.82, 2.24) is 4.57 Å². The Bertz CT molecular complexity index is 892. The number of hydrogen-bond acceptors (Lipinski definition) is 1. The second kappa shape index (κ2) is 7.10. The van der Waals surface area contributed by atoms with Crippen LogP contribution < -0.4 is 0 Å². The minimum atomic E-state index is 0.994. The van der Waals surface area contributed by atoms with Crippen LogP contribution in [-0.2, 0) is 6.42 Å². The Balaban J connectivity index is 1.94. The van der Waals surface area contributed by atoms with Crippen molar-refractivity contribution in [2.45, 2.75) is 41.0 Å². The zero-order valence-corrected chi connectivity index (χ0v) is 15.8. The summed E-state index contributed by atoms with van der Waals surface area (Å²) in [6.45, 7) is 10.8. The van der Waals surface area contributed by atoms with Crippen LogP contribution in [-0.4, -0.2) is 10.8 Å². The average molecular weight is 330 g/mol. The molecule has 0 saturated carbocycles. The maximum absolute atomic E-state index is 4.66. The van der Waals surface area contributed by atoms with Gasteiger partial charge in [-0.2, -0.15) is 0 Å². The fourth-order valence-electron chi connectivity index (χ4n) is 3.36. The third kappa shape index (κ3) is 3.74. The summed E-state index contributed by atoms with van der Waals surface area (Å²) in [5.41, 5.74) is 9.74. The smallest absolute Gasteiger partial charge is 0.0630 e. The van der Waals surface area contributed by atoms with Gasteiger partial charge in [0.15, 0.2) is 0 Å². The highest BCUT2D eigenvalue weighted by Crippen LogP contribution is 2.22. The number of rotatable bonds is 4. The first kappa shape index (κ1) is 17.2. The van der Waals surface area contributed by atoms with E-state index in [0.717, 1.165) is 17.7 Å². The Labute approximate surface area is 150 Å². The van der Waals surface area contributed by atoms with E-state index in [9.17, 15) is 0 Å². The fraction of sp³-hybridized carbons (Fsp3) is 0.261. The van der Waals surface area contributed by atoms with Crippen LogP contribution >= 0.6 is 0 Å². The van der Waals surface area contributed by atoms with Gasteiger partial charge in [-0.05, 0) is 81.1 Å². The lowest BCUT2D eigenvalue weighted by Gasteiger charge is -2.11. The molecule has 2 nitrogen and oxygen atoms in total. The number of aromatic nitrogens is 1. The maximum Gasteiger partial charge on any atom is 0.0630 e. The second-order valence-corrected chi connectivity index (χ2v) is 6.79. The summed E-state index contributed by atoms with van der Waals surface area (Å²) in [6.07, 6.45) is 3.03. The molecule has 0 amide bonds. The van der Waals surface area contributed by atoms with Crippen LogP contribution in [0.15, 0.2) is 53.5 Å². The molecule has 0 aliphatic rings. The van der Waals surface area contributed by atoms with Crippen molar-refractivity contribution < 1.29 is 0 Å². The predicted molar refractivity (Wildman–Crippen MR) is 108 cm³/mol. The molecule has 1 heterocycles. The lowest BCUT2D eigenvalue weighted by molar-refractivity contribution is 0.960. The summed E-state index contributed by atoms with van der Waals surface area (Å²) < 4.78 is 2.31. The first-order valence-electron chi connectivity index (χ1n) is 8.88. The van der Waals surface area contributed by atoms with Gasteiger partial charge in [-0.15, -0.1) is 0 Å². The van der Waals surface area contributed by atoms with Gasteiger partial charge in [-0.1, -0.05) is 25.1 Å². The van der Waals surface area contributed by atoms with E-state index in [1.165, 1.54) is 33.8 Å². The Morgan fingerprint density at radius 3 is 2.12 bits per heavy atom. The highest BCUT2D eigenvalue weighted by Gasteiger charge is 2.10. The van der Waals surface area contributed by atoms with Gasteiger partial charge in [-0.3, -0.25) is 4.99 Å². The minimum Gasteiger partial charge on any atom is -0.318 e. The number of hydrogen-bond donors (Lipinski definition) is 0. The van der Waals surface area contributed by atoms with Crippen LogP contribution in [0.25, 0.3) is 5.69 Å². The topological polar surface area (TPSA) is 17.3 Å².